The molecule has 1 fully saturated rings. The van der Waals surface area contributed by atoms with Crippen LogP contribution < -0.4 is 10.1 Å². The van der Waals surface area contributed by atoms with Gasteiger partial charge in [0.15, 0.2) is 0 Å². The van der Waals surface area contributed by atoms with Crippen LogP contribution in [0, 0.1) is 5.92 Å². The Bertz CT molecular complexity index is 556. The lowest BCUT2D eigenvalue weighted by atomic mass is 9.91. The van der Waals surface area contributed by atoms with E-state index in [4.69, 9.17) is 4.74 Å². The van der Waals surface area contributed by atoms with Crippen molar-refractivity contribution in [2.45, 2.75) is 31.7 Å². The van der Waals surface area contributed by atoms with Gasteiger partial charge in [-0.1, -0.05) is 12.1 Å². The number of nitrogens with zero attached hydrogens (tertiary/aromatic N) is 2. The van der Waals surface area contributed by atoms with Crippen LogP contribution in [0.25, 0.3) is 0 Å². The van der Waals surface area contributed by atoms with E-state index in [-0.39, 0.29) is 6.17 Å². The van der Waals surface area contributed by atoms with Crippen molar-refractivity contribution in [3.05, 3.63) is 29.8 Å². The topological polar surface area (TPSA) is 36.9 Å². The molecule has 0 radical (unpaired) electrons. The van der Waals surface area contributed by atoms with Gasteiger partial charge >= 0.3 is 6.18 Å². The Morgan fingerprint density at radius 2 is 2.05 bits per heavy atom. The summed E-state index contributed by atoms with van der Waals surface area (Å²) >= 11 is 0. The van der Waals surface area contributed by atoms with Crippen molar-refractivity contribution in [2.75, 3.05) is 13.7 Å². The molecule has 7 heteroatoms. The number of hydrogen-bond donors (Lipinski definition) is 1. The standard InChI is InChI=1S/C15H18F3N3O/c1-22-11-6-4-10(5-7-11)9-21-14-12(3-2-8-19-14)13(20-21)15(16,17)18/h4-7,12,14,19H,2-3,8-9H2,1H3. The minimum Gasteiger partial charge on any atom is -0.497 e. The molecule has 2 atom stereocenters. The minimum atomic E-state index is -4.36. The Labute approximate surface area is 126 Å². The molecule has 0 bridgehead atoms. The summed E-state index contributed by atoms with van der Waals surface area (Å²) in [6.07, 6.45) is -3.47. The zero-order valence-electron chi connectivity index (χ0n) is 12.2. The van der Waals surface area contributed by atoms with E-state index in [1.54, 1.807) is 19.2 Å². The molecule has 0 amide bonds. The summed E-state index contributed by atoms with van der Waals surface area (Å²) in [6.45, 7) is 1.07. The molecule has 2 unspecified atom stereocenters. The van der Waals surface area contributed by atoms with Gasteiger partial charge in [0.05, 0.1) is 13.7 Å². The Morgan fingerprint density at radius 3 is 2.68 bits per heavy atom. The van der Waals surface area contributed by atoms with Crippen LogP contribution in [0.15, 0.2) is 29.4 Å². The van der Waals surface area contributed by atoms with Crippen molar-refractivity contribution in [1.29, 1.82) is 0 Å². The number of halogens is 3. The number of piperidine rings is 1. The van der Waals surface area contributed by atoms with Gasteiger partial charge in [-0.05, 0) is 37.1 Å². The number of nitrogens with one attached hydrogen (secondary N) is 1. The highest BCUT2D eigenvalue weighted by atomic mass is 19.4. The fourth-order valence-electron chi connectivity index (χ4n) is 3.06. The second kappa shape index (κ2) is 5.79. The molecule has 3 rings (SSSR count). The largest absolute Gasteiger partial charge is 0.497 e. The molecule has 1 aromatic carbocycles. The molecular weight excluding hydrogens is 295 g/mol. The van der Waals surface area contributed by atoms with Crippen LogP contribution in [-0.2, 0) is 6.54 Å². The second-order valence-electron chi connectivity index (χ2n) is 5.58. The minimum absolute atomic E-state index is 0.345. The molecule has 0 saturated carbocycles. The Hall–Kier alpha value is -1.76. The molecule has 0 spiro atoms. The average Bonchev–Trinajstić information content (AvgIpc) is 2.87. The summed E-state index contributed by atoms with van der Waals surface area (Å²) in [5.74, 6) is 0.144. The van der Waals surface area contributed by atoms with E-state index in [0.717, 1.165) is 24.3 Å². The number of hydrazone groups is 1. The van der Waals surface area contributed by atoms with Crippen LogP contribution in [0.4, 0.5) is 13.2 Å². The van der Waals surface area contributed by atoms with Crippen molar-refractivity contribution in [2.24, 2.45) is 11.0 Å². The van der Waals surface area contributed by atoms with Gasteiger partial charge < -0.3 is 4.74 Å². The predicted molar refractivity (Wildman–Crippen MR) is 76.5 cm³/mol. The molecule has 0 aromatic heterocycles. The van der Waals surface area contributed by atoms with Crippen LogP contribution in [0.1, 0.15) is 18.4 Å². The van der Waals surface area contributed by atoms with E-state index in [9.17, 15) is 13.2 Å². The lowest BCUT2D eigenvalue weighted by molar-refractivity contribution is -0.0629. The van der Waals surface area contributed by atoms with Gasteiger partial charge in [-0.25, -0.2) is 0 Å². The summed E-state index contributed by atoms with van der Waals surface area (Å²) in [5.41, 5.74) is 0.248. The van der Waals surface area contributed by atoms with Gasteiger partial charge in [0.25, 0.3) is 0 Å². The van der Waals surface area contributed by atoms with Crippen LogP contribution in [0.2, 0.25) is 0 Å². The average molecular weight is 313 g/mol. The zero-order chi connectivity index (χ0) is 15.7. The van der Waals surface area contributed by atoms with Crippen LogP contribution in [0.3, 0.4) is 0 Å². The lowest BCUT2D eigenvalue weighted by Gasteiger charge is -2.32. The third-order valence-corrected chi connectivity index (χ3v) is 4.13. The van der Waals surface area contributed by atoms with Gasteiger partial charge in [-0.2, -0.15) is 18.3 Å². The fourth-order valence-corrected chi connectivity index (χ4v) is 3.06. The lowest BCUT2D eigenvalue weighted by Crippen LogP contribution is -2.50. The first-order chi connectivity index (χ1) is 10.5. The highest BCUT2D eigenvalue weighted by Crippen LogP contribution is 2.36. The smallest absolute Gasteiger partial charge is 0.431 e. The molecule has 2 aliphatic heterocycles. The van der Waals surface area contributed by atoms with Gasteiger partial charge in [-0.15, -0.1) is 0 Å². The van der Waals surface area contributed by atoms with E-state index >= 15 is 0 Å². The monoisotopic (exact) mass is 313 g/mol. The first-order valence-corrected chi connectivity index (χ1v) is 7.27. The summed E-state index contributed by atoms with van der Waals surface area (Å²) in [5, 5.41) is 8.56. The van der Waals surface area contributed by atoms with Crippen molar-refractivity contribution in [1.82, 2.24) is 10.3 Å². The molecule has 1 N–H and O–H groups in total. The van der Waals surface area contributed by atoms with E-state index in [1.807, 2.05) is 12.1 Å². The number of hydrogen-bond acceptors (Lipinski definition) is 4. The molecule has 0 aliphatic carbocycles. The Morgan fingerprint density at radius 1 is 1.32 bits per heavy atom. The number of benzene rings is 1. The first-order valence-electron chi connectivity index (χ1n) is 7.27. The van der Waals surface area contributed by atoms with Crippen molar-refractivity contribution < 1.29 is 17.9 Å². The number of ether oxygens (including phenoxy) is 1. The van der Waals surface area contributed by atoms with E-state index in [2.05, 4.69) is 10.4 Å². The highest BCUT2D eigenvalue weighted by Gasteiger charge is 2.50. The van der Waals surface area contributed by atoms with Crippen LogP contribution in [0.5, 0.6) is 5.75 Å². The molecule has 2 heterocycles. The van der Waals surface area contributed by atoms with E-state index in [1.165, 1.54) is 5.01 Å². The summed E-state index contributed by atoms with van der Waals surface area (Å²) in [4.78, 5) is 0. The van der Waals surface area contributed by atoms with Crippen molar-refractivity contribution in [3.63, 3.8) is 0 Å². The third-order valence-electron chi connectivity index (χ3n) is 4.13. The Balaban J connectivity index is 1.80. The maximum absolute atomic E-state index is 13.1. The second-order valence-corrected chi connectivity index (χ2v) is 5.58. The number of methoxy groups -OCH3 is 1. The number of fused-ring (bicyclic) bond motifs is 1. The predicted octanol–water partition coefficient (Wildman–Crippen LogP) is 2.75. The molecule has 1 saturated heterocycles. The quantitative estimate of drug-likeness (QED) is 0.932. The molecule has 22 heavy (non-hydrogen) atoms. The molecule has 4 nitrogen and oxygen atoms in total. The van der Waals surface area contributed by atoms with Crippen LogP contribution in [-0.4, -0.2) is 36.7 Å². The van der Waals surface area contributed by atoms with E-state index < -0.39 is 17.8 Å². The SMILES string of the molecule is COc1ccc(CN2N=C(C(F)(F)F)C3CCCNC32)cc1. The van der Waals surface area contributed by atoms with Crippen molar-refractivity contribution >= 4 is 5.71 Å². The molecular formula is C15H18F3N3O. The maximum Gasteiger partial charge on any atom is 0.431 e. The third kappa shape index (κ3) is 2.90. The highest BCUT2D eigenvalue weighted by molar-refractivity contribution is 5.93. The van der Waals surface area contributed by atoms with Crippen LogP contribution >= 0.6 is 0 Å². The number of rotatable bonds is 3. The van der Waals surface area contributed by atoms with Gasteiger partial charge in [0.1, 0.15) is 17.6 Å². The maximum atomic E-state index is 13.1. The van der Waals surface area contributed by atoms with E-state index in [0.29, 0.717) is 13.0 Å². The first kappa shape index (κ1) is 15.1. The zero-order valence-corrected chi connectivity index (χ0v) is 12.2. The number of alkyl halides is 3. The van der Waals surface area contributed by atoms with Gasteiger partial charge in [0, 0.05) is 5.92 Å². The molecule has 2 aliphatic rings. The molecule has 120 valence electrons. The molecule has 1 aromatic rings. The fraction of sp³-hybridized carbons (Fsp3) is 0.533. The summed E-state index contributed by atoms with van der Waals surface area (Å²) < 4.78 is 44.5. The summed E-state index contributed by atoms with van der Waals surface area (Å²) in [6, 6.07) is 7.28. The van der Waals surface area contributed by atoms with Gasteiger partial charge in [0.2, 0.25) is 0 Å². The Kier molecular flexibility index (Phi) is 3.99. The van der Waals surface area contributed by atoms with Gasteiger partial charge in [-0.3, -0.25) is 10.3 Å². The summed E-state index contributed by atoms with van der Waals surface area (Å²) in [7, 11) is 1.58. The normalized spacial score (nSPS) is 24.9. The van der Waals surface area contributed by atoms with Crippen molar-refractivity contribution in [3.8, 4) is 5.75 Å².